The SMILES string of the molecule is CCCNC(c1cc(C)c(C)cc1Cl)C(F)(F)F. The zero-order valence-corrected chi connectivity index (χ0v) is 11.4. The van der Waals surface area contributed by atoms with E-state index in [4.69, 9.17) is 11.6 Å². The third-order valence-corrected chi connectivity index (χ3v) is 3.18. The summed E-state index contributed by atoms with van der Waals surface area (Å²) in [5, 5.41) is 2.66. The highest BCUT2D eigenvalue weighted by atomic mass is 35.5. The summed E-state index contributed by atoms with van der Waals surface area (Å²) in [6.07, 6.45) is -3.71. The van der Waals surface area contributed by atoms with E-state index in [1.807, 2.05) is 13.8 Å². The molecule has 1 rings (SSSR count). The summed E-state index contributed by atoms with van der Waals surface area (Å²) in [7, 11) is 0. The van der Waals surface area contributed by atoms with Gasteiger partial charge in [0, 0.05) is 5.02 Å². The minimum atomic E-state index is -4.35. The molecule has 102 valence electrons. The molecule has 0 saturated carbocycles. The van der Waals surface area contributed by atoms with Crippen molar-refractivity contribution in [3.8, 4) is 0 Å². The Bertz CT molecular complexity index is 415. The summed E-state index contributed by atoms with van der Waals surface area (Å²) in [5.74, 6) is 0. The lowest BCUT2D eigenvalue weighted by Crippen LogP contribution is -2.35. The van der Waals surface area contributed by atoms with Crippen molar-refractivity contribution in [3.05, 3.63) is 33.8 Å². The maximum absolute atomic E-state index is 13.0. The lowest BCUT2D eigenvalue weighted by molar-refractivity contribution is -0.157. The number of hydrogen-bond donors (Lipinski definition) is 1. The Kier molecular flexibility index (Phi) is 5.05. The largest absolute Gasteiger partial charge is 0.407 e. The Labute approximate surface area is 110 Å². The maximum Gasteiger partial charge on any atom is 0.407 e. The van der Waals surface area contributed by atoms with Crippen LogP contribution in [0.25, 0.3) is 0 Å². The van der Waals surface area contributed by atoms with Crippen LogP contribution in [0.3, 0.4) is 0 Å². The molecule has 0 aliphatic heterocycles. The van der Waals surface area contributed by atoms with Crippen molar-refractivity contribution in [2.24, 2.45) is 0 Å². The fourth-order valence-corrected chi connectivity index (χ4v) is 2.04. The molecule has 1 N–H and O–H groups in total. The first-order chi connectivity index (χ1) is 8.27. The van der Waals surface area contributed by atoms with E-state index < -0.39 is 12.2 Å². The molecule has 0 fully saturated rings. The van der Waals surface area contributed by atoms with Crippen LogP contribution in [0, 0.1) is 13.8 Å². The number of hydrogen-bond acceptors (Lipinski definition) is 1. The monoisotopic (exact) mass is 279 g/mol. The Morgan fingerprint density at radius 2 is 1.78 bits per heavy atom. The molecule has 0 amide bonds. The Morgan fingerprint density at radius 3 is 2.28 bits per heavy atom. The standard InChI is InChI=1S/C13H17ClF3N/c1-4-5-18-12(13(15,16)17)10-6-8(2)9(3)7-11(10)14/h6-7,12,18H,4-5H2,1-3H3. The van der Waals surface area contributed by atoms with Crippen molar-refractivity contribution in [2.75, 3.05) is 6.54 Å². The number of nitrogens with one attached hydrogen (secondary N) is 1. The van der Waals surface area contributed by atoms with Crippen molar-refractivity contribution < 1.29 is 13.2 Å². The average Bonchev–Trinajstić information content (AvgIpc) is 2.24. The van der Waals surface area contributed by atoms with E-state index in [1.54, 1.807) is 13.0 Å². The number of rotatable bonds is 4. The molecule has 1 atom stereocenters. The lowest BCUT2D eigenvalue weighted by Gasteiger charge is -2.23. The van der Waals surface area contributed by atoms with Gasteiger partial charge in [0.05, 0.1) is 0 Å². The Balaban J connectivity index is 3.16. The van der Waals surface area contributed by atoms with Crippen LogP contribution in [0.15, 0.2) is 12.1 Å². The molecule has 0 aliphatic rings. The highest BCUT2D eigenvalue weighted by Gasteiger charge is 2.41. The summed E-state index contributed by atoms with van der Waals surface area (Å²) >= 11 is 5.94. The number of aryl methyl sites for hydroxylation is 2. The number of halogens is 4. The fourth-order valence-electron chi connectivity index (χ4n) is 1.72. The van der Waals surface area contributed by atoms with Gasteiger partial charge in [0.25, 0.3) is 0 Å². The molecule has 0 saturated heterocycles. The average molecular weight is 280 g/mol. The number of benzene rings is 1. The zero-order chi connectivity index (χ0) is 13.9. The predicted octanol–water partition coefficient (Wildman–Crippen LogP) is 4.56. The van der Waals surface area contributed by atoms with Crippen LogP contribution < -0.4 is 5.32 Å². The topological polar surface area (TPSA) is 12.0 Å². The molecule has 0 heterocycles. The normalized spacial score (nSPS) is 13.7. The molecule has 1 aromatic rings. The molecular weight excluding hydrogens is 263 g/mol. The van der Waals surface area contributed by atoms with Gasteiger partial charge in [0.1, 0.15) is 6.04 Å². The molecule has 18 heavy (non-hydrogen) atoms. The van der Waals surface area contributed by atoms with Crippen LogP contribution >= 0.6 is 11.6 Å². The molecule has 0 radical (unpaired) electrons. The molecule has 0 aliphatic carbocycles. The van der Waals surface area contributed by atoms with Gasteiger partial charge in [-0.1, -0.05) is 24.6 Å². The van der Waals surface area contributed by atoms with Crippen LogP contribution in [-0.2, 0) is 0 Å². The summed E-state index contributed by atoms with van der Waals surface area (Å²) < 4.78 is 39.1. The second kappa shape index (κ2) is 5.93. The van der Waals surface area contributed by atoms with E-state index in [0.29, 0.717) is 13.0 Å². The van der Waals surface area contributed by atoms with Gasteiger partial charge >= 0.3 is 6.18 Å². The van der Waals surface area contributed by atoms with Gasteiger partial charge in [0.2, 0.25) is 0 Å². The van der Waals surface area contributed by atoms with Crippen molar-refractivity contribution >= 4 is 11.6 Å². The second-order valence-corrected chi connectivity index (χ2v) is 4.79. The van der Waals surface area contributed by atoms with Gasteiger partial charge < -0.3 is 5.32 Å². The quantitative estimate of drug-likeness (QED) is 0.852. The highest BCUT2D eigenvalue weighted by Crippen LogP contribution is 2.37. The smallest absolute Gasteiger partial charge is 0.302 e. The van der Waals surface area contributed by atoms with E-state index >= 15 is 0 Å². The van der Waals surface area contributed by atoms with Gasteiger partial charge in [-0.15, -0.1) is 0 Å². The molecule has 1 unspecified atom stereocenters. The van der Waals surface area contributed by atoms with Gasteiger partial charge in [-0.2, -0.15) is 13.2 Å². The minimum absolute atomic E-state index is 0.0979. The van der Waals surface area contributed by atoms with Gasteiger partial charge in [-0.3, -0.25) is 0 Å². The van der Waals surface area contributed by atoms with Crippen molar-refractivity contribution in [1.82, 2.24) is 5.32 Å². The van der Waals surface area contributed by atoms with Crippen molar-refractivity contribution in [1.29, 1.82) is 0 Å². The highest BCUT2D eigenvalue weighted by molar-refractivity contribution is 6.31. The maximum atomic E-state index is 13.0. The predicted molar refractivity (Wildman–Crippen MR) is 68.0 cm³/mol. The third-order valence-electron chi connectivity index (χ3n) is 2.85. The minimum Gasteiger partial charge on any atom is -0.302 e. The molecular formula is C13H17ClF3N. The Hall–Kier alpha value is -0.740. The summed E-state index contributed by atoms with van der Waals surface area (Å²) in [6, 6.07) is 1.39. The first-order valence-electron chi connectivity index (χ1n) is 5.84. The van der Waals surface area contributed by atoms with Gasteiger partial charge in [-0.25, -0.2) is 0 Å². The van der Waals surface area contributed by atoms with E-state index in [9.17, 15) is 13.2 Å². The van der Waals surface area contributed by atoms with Crippen LogP contribution in [0.4, 0.5) is 13.2 Å². The lowest BCUT2D eigenvalue weighted by atomic mass is 10.0. The first kappa shape index (κ1) is 15.3. The van der Waals surface area contributed by atoms with E-state index in [0.717, 1.165) is 11.1 Å². The molecule has 0 bridgehead atoms. The van der Waals surface area contributed by atoms with E-state index in [1.165, 1.54) is 6.07 Å². The molecule has 1 nitrogen and oxygen atoms in total. The van der Waals surface area contributed by atoms with E-state index in [-0.39, 0.29) is 10.6 Å². The van der Waals surface area contributed by atoms with Crippen molar-refractivity contribution in [2.45, 2.75) is 39.4 Å². The second-order valence-electron chi connectivity index (χ2n) is 4.39. The third kappa shape index (κ3) is 3.62. The summed E-state index contributed by atoms with van der Waals surface area (Å²) in [5.41, 5.74) is 1.79. The first-order valence-corrected chi connectivity index (χ1v) is 6.22. The summed E-state index contributed by atoms with van der Waals surface area (Å²) in [4.78, 5) is 0. The van der Waals surface area contributed by atoms with Crippen LogP contribution in [0.1, 0.15) is 36.1 Å². The van der Waals surface area contributed by atoms with E-state index in [2.05, 4.69) is 5.32 Å². The van der Waals surface area contributed by atoms with Gasteiger partial charge in [0.15, 0.2) is 0 Å². The summed E-state index contributed by atoms with van der Waals surface area (Å²) in [6.45, 7) is 5.73. The molecule has 0 aromatic heterocycles. The molecule has 0 spiro atoms. The molecule has 1 aromatic carbocycles. The van der Waals surface area contributed by atoms with Crippen LogP contribution in [0.2, 0.25) is 5.02 Å². The Morgan fingerprint density at radius 1 is 1.22 bits per heavy atom. The number of alkyl halides is 3. The van der Waals surface area contributed by atoms with Crippen LogP contribution in [0.5, 0.6) is 0 Å². The van der Waals surface area contributed by atoms with Crippen molar-refractivity contribution in [3.63, 3.8) is 0 Å². The zero-order valence-electron chi connectivity index (χ0n) is 10.7. The van der Waals surface area contributed by atoms with Crippen LogP contribution in [-0.4, -0.2) is 12.7 Å². The fraction of sp³-hybridized carbons (Fsp3) is 0.538. The van der Waals surface area contributed by atoms with Gasteiger partial charge in [-0.05, 0) is 49.6 Å². The molecule has 5 heteroatoms.